The van der Waals surface area contributed by atoms with Gasteiger partial charge in [0.2, 0.25) is 0 Å². The van der Waals surface area contributed by atoms with Crippen molar-refractivity contribution in [3.8, 4) is 0 Å². The predicted octanol–water partition coefficient (Wildman–Crippen LogP) is 3.30. The zero-order chi connectivity index (χ0) is 12.2. The van der Waals surface area contributed by atoms with Crippen molar-refractivity contribution >= 4 is 27.7 Å². The lowest BCUT2D eigenvalue weighted by molar-refractivity contribution is 0.0541. The van der Waals surface area contributed by atoms with Crippen molar-refractivity contribution in [2.75, 3.05) is 5.43 Å². The van der Waals surface area contributed by atoms with E-state index in [1.807, 2.05) is 45.0 Å². The maximum atomic E-state index is 11.3. The van der Waals surface area contributed by atoms with Gasteiger partial charge in [0, 0.05) is 4.47 Å². The van der Waals surface area contributed by atoms with Gasteiger partial charge in [-0.25, -0.2) is 10.2 Å². The standard InChI is InChI=1S/C11H15BrN2O2/c1-11(2,3)16-10(15)14-13-9-7-5-4-6-8(9)12/h4-7,13H,1-3H3,(H,14,15). The van der Waals surface area contributed by atoms with Crippen molar-refractivity contribution in [3.63, 3.8) is 0 Å². The molecule has 1 amide bonds. The van der Waals surface area contributed by atoms with Crippen molar-refractivity contribution < 1.29 is 9.53 Å². The largest absolute Gasteiger partial charge is 0.443 e. The Hall–Kier alpha value is -1.23. The smallest absolute Gasteiger partial charge is 0.426 e. The van der Waals surface area contributed by atoms with Crippen molar-refractivity contribution in [1.82, 2.24) is 5.43 Å². The first-order valence-corrected chi connectivity index (χ1v) is 5.67. The van der Waals surface area contributed by atoms with Gasteiger partial charge in [-0.3, -0.25) is 5.43 Å². The number of hydrogen-bond donors (Lipinski definition) is 2. The molecule has 0 spiro atoms. The van der Waals surface area contributed by atoms with E-state index >= 15 is 0 Å². The van der Waals surface area contributed by atoms with Crippen molar-refractivity contribution in [2.45, 2.75) is 26.4 Å². The van der Waals surface area contributed by atoms with Crippen LogP contribution < -0.4 is 10.9 Å². The maximum absolute atomic E-state index is 11.3. The second-order valence-corrected chi connectivity index (χ2v) is 5.09. The quantitative estimate of drug-likeness (QED) is 0.820. The Labute approximate surface area is 103 Å². The molecule has 0 saturated carbocycles. The van der Waals surface area contributed by atoms with Crippen molar-refractivity contribution in [3.05, 3.63) is 28.7 Å². The SMILES string of the molecule is CC(C)(C)OC(=O)NNc1ccccc1Br. The highest BCUT2D eigenvalue weighted by atomic mass is 79.9. The number of hydrazine groups is 1. The van der Waals surface area contributed by atoms with Gasteiger partial charge in [-0.05, 0) is 48.8 Å². The summed E-state index contributed by atoms with van der Waals surface area (Å²) in [5.74, 6) is 0. The van der Waals surface area contributed by atoms with Gasteiger partial charge in [0.1, 0.15) is 5.60 Å². The number of carbonyl (C=O) groups is 1. The van der Waals surface area contributed by atoms with Gasteiger partial charge in [0.15, 0.2) is 0 Å². The van der Waals surface area contributed by atoms with Crippen LogP contribution in [-0.4, -0.2) is 11.7 Å². The minimum Gasteiger partial charge on any atom is -0.443 e. The van der Waals surface area contributed by atoms with Crippen molar-refractivity contribution in [1.29, 1.82) is 0 Å². The fourth-order valence-corrected chi connectivity index (χ4v) is 1.37. The van der Waals surface area contributed by atoms with E-state index in [1.54, 1.807) is 0 Å². The third-order valence-corrected chi connectivity index (χ3v) is 2.26. The van der Waals surface area contributed by atoms with Crippen LogP contribution in [-0.2, 0) is 4.74 Å². The van der Waals surface area contributed by atoms with E-state index in [2.05, 4.69) is 26.8 Å². The number of ether oxygens (including phenoxy) is 1. The van der Waals surface area contributed by atoms with Crippen molar-refractivity contribution in [2.24, 2.45) is 0 Å². The molecule has 0 saturated heterocycles. The van der Waals surface area contributed by atoms with Gasteiger partial charge in [-0.15, -0.1) is 0 Å². The molecule has 0 bridgehead atoms. The lowest BCUT2D eigenvalue weighted by Crippen LogP contribution is -2.35. The van der Waals surface area contributed by atoms with E-state index in [4.69, 9.17) is 4.74 Å². The van der Waals surface area contributed by atoms with Gasteiger partial charge < -0.3 is 4.74 Å². The molecule has 88 valence electrons. The van der Waals surface area contributed by atoms with E-state index in [0.29, 0.717) is 0 Å². The monoisotopic (exact) mass is 286 g/mol. The molecule has 0 heterocycles. The molecule has 0 unspecified atom stereocenters. The van der Waals surface area contributed by atoms with Crippen LogP contribution in [0.15, 0.2) is 28.7 Å². The number of para-hydroxylation sites is 1. The summed E-state index contributed by atoms with van der Waals surface area (Å²) in [6, 6.07) is 7.47. The van der Waals surface area contributed by atoms with E-state index in [0.717, 1.165) is 10.2 Å². The number of benzene rings is 1. The molecular weight excluding hydrogens is 272 g/mol. The molecular formula is C11H15BrN2O2. The number of carbonyl (C=O) groups excluding carboxylic acids is 1. The average Bonchev–Trinajstić information content (AvgIpc) is 2.14. The normalized spacial score (nSPS) is 10.8. The summed E-state index contributed by atoms with van der Waals surface area (Å²) >= 11 is 3.35. The van der Waals surface area contributed by atoms with E-state index in [1.165, 1.54) is 0 Å². The van der Waals surface area contributed by atoms with E-state index in [9.17, 15) is 4.79 Å². The molecule has 0 aromatic heterocycles. The fourth-order valence-electron chi connectivity index (χ4n) is 0.985. The average molecular weight is 287 g/mol. The zero-order valence-electron chi connectivity index (χ0n) is 9.50. The Balaban J connectivity index is 2.47. The molecule has 0 atom stereocenters. The molecule has 0 aliphatic rings. The highest BCUT2D eigenvalue weighted by Gasteiger charge is 2.15. The van der Waals surface area contributed by atoms with Gasteiger partial charge >= 0.3 is 6.09 Å². The predicted molar refractivity (Wildman–Crippen MR) is 67.1 cm³/mol. The number of halogens is 1. The van der Waals surface area contributed by atoms with Gasteiger partial charge in [-0.1, -0.05) is 12.1 Å². The highest BCUT2D eigenvalue weighted by Crippen LogP contribution is 2.20. The third-order valence-electron chi connectivity index (χ3n) is 1.57. The molecule has 0 aliphatic carbocycles. The van der Waals surface area contributed by atoms with E-state index in [-0.39, 0.29) is 0 Å². The Bertz CT molecular complexity index is 374. The summed E-state index contributed by atoms with van der Waals surface area (Å²) in [5.41, 5.74) is 5.49. The second-order valence-electron chi connectivity index (χ2n) is 4.23. The zero-order valence-corrected chi connectivity index (χ0v) is 11.1. The summed E-state index contributed by atoms with van der Waals surface area (Å²) < 4.78 is 5.94. The number of hydrogen-bond acceptors (Lipinski definition) is 3. The van der Waals surface area contributed by atoms with Crippen LogP contribution in [0.4, 0.5) is 10.5 Å². The number of nitrogens with one attached hydrogen (secondary N) is 2. The lowest BCUT2D eigenvalue weighted by atomic mass is 10.2. The summed E-state index contributed by atoms with van der Waals surface area (Å²) in [4.78, 5) is 11.3. The number of anilines is 1. The molecule has 0 fully saturated rings. The molecule has 5 heteroatoms. The van der Waals surface area contributed by atoms with Gasteiger partial charge in [0.25, 0.3) is 0 Å². The first kappa shape index (κ1) is 12.8. The molecule has 1 rings (SSSR count). The number of amides is 1. The second kappa shape index (κ2) is 5.21. The molecule has 4 nitrogen and oxygen atoms in total. The minimum atomic E-state index is -0.511. The third kappa shape index (κ3) is 4.53. The van der Waals surface area contributed by atoms with Gasteiger partial charge in [0.05, 0.1) is 5.69 Å². The Morgan fingerprint density at radius 2 is 1.94 bits per heavy atom. The van der Waals surface area contributed by atoms with Crippen LogP contribution in [0.2, 0.25) is 0 Å². The minimum absolute atomic E-state index is 0.500. The molecule has 0 radical (unpaired) electrons. The van der Waals surface area contributed by atoms with Crippen LogP contribution >= 0.6 is 15.9 Å². The van der Waals surface area contributed by atoms with Crippen LogP contribution in [0.25, 0.3) is 0 Å². The van der Waals surface area contributed by atoms with E-state index < -0.39 is 11.7 Å². The number of rotatable bonds is 2. The first-order chi connectivity index (χ1) is 7.38. The molecule has 2 N–H and O–H groups in total. The van der Waals surface area contributed by atoms with Crippen LogP contribution in [0, 0.1) is 0 Å². The summed E-state index contributed by atoms with van der Waals surface area (Å²) in [6.07, 6.45) is -0.511. The fraction of sp³-hybridized carbons (Fsp3) is 0.364. The summed E-state index contributed by atoms with van der Waals surface area (Å²) in [6.45, 7) is 5.43. The highest BCUT2D eigenvalue weighted by molar-refractivity contribution is 9.10. The van der Waals surface area contributed by atoms with Crippen LogP contribution in [0.3, 0.4) is 0 Å². The molecule has 0 aliphatic heterocycles. The first-order valence-electron chi connectivity index (χ1n) is 4.88. The summed E-state index contributed by atoms with van der Waals surface area (Å²) in [7, 11) is 0. The lowest BCUT2D eigenvalue weighted by Gasteiger charge is -2.20. The molecule has 1 aromatic rings. The van der Waals surface area contributed by atoms with Crippen LogP contribution in [0.5, 0.6) is 0 Å². The Morgan fingerprint density at radius 1 is 1.31 bits per heavy atom. The molecule has 16 heavy (non-hydrogen) atoms. The molecule has 1 aromatic carbocycles. The summed E-state index contributed by atoms with van der Waals surface area (Å²) in [5, 5.41) is 0. The Kier molecular flexibility index (Phi) is 4.18. The Morgan fingerprint density at radius 3 is 2.50 bits per heavy atom. The maximum Gasteiger partial charge on any atom is 0.426 e. The topological polar surface area (TPSA) is 50.4 Å². The van der Waals surface area contributed by atoms with Crippen LogP contribution in [0.1, 0.15) is 20.8 Å². The van der Waals surface area contributed by atoms with Gasteiger partial charge in [-0.2, -0.15) is 0 Å².